The molecule has 154 valence electrons. The van der Waals surface area contributed by atoms with Crippen molar-refractivity contribution < 1.29 is 4.79 Å². The maximum absolute atomic E-state index is 12.4. The van der Waals surface area contributed by atoms with Crippen LogP contribution in [0.2, 0.25) is 0 Å². The molecule has 0 fully saturated rings. The third-order valence-electron chi connectivity index (χ3n) is 5.54. The molecule has 1 aliphatic rings. The molecule has 29 heavy (non-hydrogen) atoms. The van der Waals surface area contributed by atoms with E-state index >= 15 is 0 Å². The highest BCUT2D eigenvalue weighted by Crippen LogP contribution is 2.41. The van der Waals surface area contributed by atoms with Gasteiger partial charge in [-0.3, -0.25) is 9.78 Å². The van der Waals surface area contributed by atoms with E-state index in [2.05, 4.69) is 29.5 Å². The Bertz CT molecular complexity index is 961. The van der Waals surface area contributed by atoms with Crippen LogP contribution < -0.4 is 10.6 Å². The minimum absolute atomic E-state index is 0.338. The van der Waals surface area contributed by atoms with Crippen LogP contribution in [-0.2, 0) is 24.2 Å². The minimum atomic E-state index is 0.338. The van der Waals surface area contributed by atoms with Gasteiger partial charge in [0.05, 0.1) is 10.9 Å². The summed E-state index contributed by atoms with van der Waals surface area (Å²) in [6.07, 6.45) is 7.80. The van der Waals surface area contributed by atoms with Gasteiger partial charge in [0.25, 0.3) is 0 Å². The summed E-state index contributed by atoms with van der Waals surface area (Å²) in [5, 5.41) is 7.97. The van der Waals surface area contributed by atoms with Crippen molar-refractivity contribution in [2.24, 2.45) is 0 Å². The molecule has 0 spiro atoms. The summed E-state index contributed by atoms with van der Waals surface area (Å²) in [4.78, 5) is 24.3. The van der Waals surface area contributed by atoms with Gasteiger partial charge >= 0.3 is 0 Å². The van der Waals surface area contributed by atoms with Gasteiger partial charge in [0.15, 0.2) is 0 Å². The zero-order valence-corrected chi connectivity index (χ0v) is 18.7. The lowest BCUT2D eigenvalue weighted by Crippen LogP contribution is -2.27. The number of ketones is 1. The Morgan fingerprint density at radius 1 is 1.34 bits per heavy atom. The molecule has 4 heterocycles. The zero-order valence-electron chi connectivity index (χ0n) is 17.1. The van der Waals surface area contributed by atoms with Crippen molar-refractivity contribution in [3.8, 4) is 10.6 Å². The van der Waals surface area contributed by atoms with Gasteiger partial charge in [-0.05, 0) is 44.4 Å². The van der Waals surface area contributed by atoms with Crippen LogP contribution in [-0.4, -0.2) is 34.9 Å². The van der Waals surface area contributed by atoms with E-state index < -0.39 is 0 Å². The fourth-order valence-corrected chi connectivity index (χ4v) is 6.11. The minimum Gasteiger partial charge on any atom is -0.314 e. The Morgan fingerprint density at radius 2 is 2.24 bits per heavy atom. The highest BCUT2D eigenvalue weighted by Gasteiger charge is 2.24. The first-order valence-electron chi connectivity index (χ1n) is 10.5. The van der Waals surface area contributed by atoms with Gasteiger partial charge in [-0.1, -0.05) is 6.92 Å². The maximum Gasteiger partial charge on any atom is 0.134 e. The van der Waals surface area contributed by atoms with Crippen LogP contribution in [0.4, 0.5) is 0 Å². The van der Waals surface area contributed by atoms with Gasteiger partial charge in [-0.2, -0.15) is 0 Å². The largest absolute Gasteiger partial charge is 0.314 e. The lowest BCUT2D eigenvalue weighted by Gasteiger charge is -2.13. The number of hydrogen-bond acceptors (Lipinski definition) is 7. The van der Waals surface area contributed by atoms with Gasteiger partial charge in [0, 0.05) is 53.5 Å². The summed E-state index contributed by atoms with van der Waals surface area (Å²) in [5.41, 5.74) is 3.68. The molecule has 0 saturated heterocycles. The molecule has 0 bridgehead atoms. The van der Waals surface area contributed by atoms with Crippen molar-refractivity contribution in [3.63, 3.8) is 0 Å². The number of thiazole rings is 1. The molecule has 2 N–H and O–H groups in total. The molecule has 7 heteroatoms. The lowest BCUT2D eigenvalue weighted by atomic mass is 10.0. The van der Waals surface area contributed by atoms with Crippen LogP contribution in [0.15, 0.2) is 18.5 Å². The van der Waals surface area contributed by atoms with E-state index in [0.29, 0.717) is 24.7 Å². The smallest absolute Gasteiger partial charge is 0.134 e. The molecule has 1 unspecified atom stereocenters. The van der Waals surface area contributed by atoms with Gasteiger partial charge < -0.3 is 10.6 Å². The molecule has 5 nitrogen and oxygen atoms in total. The Labute approximate surface area is 180 Å². The number of nitrogens with zero attached hydrogens (tertiary/aromatic N) is 2. The second-order valence-electron chi connectivity index (χ2n) is 7.64. The van der Waals surface area contributed by atoms with E-state index in [1.165, 1.54) is 25.6 Å². The first-order valence-corrected chi connectivity index (χ1v) is 12.1. The number of rotatable bonds is 9. The molecule has 0 aromatic carbocycles. The predicted octanol–water partition coefficient (Wildman–Crippen LogP) is 4.35. The molecule has 1 aliphatic heterocycles. The number of carbonyl (C=O) groups is 1. The highest BCUT2D eigenvalue weighted by molar-refractivity contribution is 7.22. The lowest BCUT2D eigenvalue weighted by molar-refractivity contribution is -0.118. The number of carbonyl (C=O) groups excluding carboxylic acids is 1. The average Bonchev–Trinajstić information content (AvgIpc) is 3.32. The third-order valence-corrected chi connectivity index (χ3v) is 7.89. The Hall–Kier alpha value is -1.67. The van der Waals surface area contributed by atoms with Crippen LogP contribution >= 0.6 is 22.7 Å². The molecular weight excluding hydrogens is 400 g/mol. The predicted molar refractivity (Wildman–Crippen MR) is 122 cm³/mol. The van der Waals surface area contributed by atoms with E-state index in [4.69, 9.17) is 4.98 Å². The van der Waals surface area contributed by atoms with Crippen molar-refractivity contribution in [3.05, 3.63) is 33.8 Å². The maximum atomic E-state index is 12.4. The Balaban J connectivity index is 1.52. The number of hydrogen-bond donors (Lipinski definition) is 2. The third kappa shape index (κ3) is 4.74. The van der Waals surface area contributed by atoms with Crippen molar-refractivity contribution in [1.29, 1.82) is 0 Å². The van der Waals surface area contributed by atoms with Crippen molar-refractivity contribution in [2.45, 2.75) is 58.5 Å². The number of thiophene rings is 1. The Kier molecular flexibility index (Phi) is 6.70. The molecule has 4 rings (SSSR count). The molecular formula is C22H28N4OS2. The molecule has 3 aromatic heterocycles. The number of pyridine rings is 1. The molecule has 1 atom stereocenters. The zero-order chi connectivity index (χ0) is 20.2. The Morgan fingerprint density at radius 3 is 3.07 bits per heavy atom. The van der Waals surface area contributed by atoms with E-state index in [-0.39, 0.29) is 0 Å². The standard InChI is InChI=1S/C22H28N4OS2/c1-3-14(2)25-11-6-15(27)4-5-19-21(16-7-9-24-13-20(16)28-19)22-26-17-12-23-10-8-18(17)29-22/h8,10,12,14,24-25H,3-7,9,11,13H2,1-2H3. The van der Waals surface area contributed by atoms with Crippen LogP contribution in [0.25, 0.3) is 20.8 Å². The molecule has 0 radical (unpaired) electrons. The van der Waals surface area contributed by atoms with Crippen molar-refractivity contribution in [1.82, 2.24) is 20.6 Å². The fourth-order valence-electron chi connectivity index (χ4n) is 3.68. The summed E-state index contributed by atoms with van der Waals surface area (Å²) in [7, 11) is 0. The average molecular weight is 429 g/mol. The number of aryl methyl sites for hydroxylation is 1. The first-order chi connectivity index (χ1) is 14.2. The van der Waals surface area contributed by atoms with Crippen molar-refractivity contribution >= 4 is 38.7 Å². The summed E-state index contributed by atoms with van der Waals surface area (Å²) < 4.78 is 1.17. The van der Waals surface area contributed by atoms with Crippen LogP contribution in [0.3, 0.4) is 0 Å². The van der Waals surface area contributed by atoms with Crippen molar-refractivity contribution in [2.75, 3.05) is 13.1 Å². The molecule has 0 aliphatic carbocycles. The normalized spacial score (nSPS) is 14.8. The van der Waals surface area contributed by atoms with Gasteiger partial charge in [0.1, 0.15) is 16.3 Å². The number of aromatic nitrogens is 2. The van der Waals surface area contributed by atoms with E-state index in [9.17, 15) is 4.79 Å². The topological polar surface area (TPSA) is 66.9 Å². The van der Waals surface area contributed by atoms with Gasteiger partial charge in [-0.25, -0.2) is 4.98 Å². The fraction of sp³-hybridized carbons (Fsp3) is 0.500. The van der Waals surface area contributed by atoms with E-state index in [1.54, 1.807) is 11.3 Å². The monoisotopic (exact) mass is 428 g/mol. The van der Waals surface area contributed by atoms with Crippen LogP contribution in [0.5, 0.6) is 0 Å². The summed E-state index contributed by atoms with van der Waals surface area (Å²) >= 11 is 3.60. The van der Waals surface area contributed by atoms with Gasteiger partial charge in [-0.15, -0.1) is 22.7 Å². The van der Waals surface area contributed by atoms with E-state index in [1.807, 2.05) is 29.8 Å². The van der Waals surface area contributed by atoms with Crippen LogP contribution in [0.1, 0.15) is 48.4 Å². The highest BCUT2D eigenvalue weighted by atomic mass is 32.1. The SMILES string of the molecule is CCC(C)NCCC(=O)CCc1sc2c(c1-c1nc3cnccc3s1)CCNC2. The van der Waals surface area contributed by atoms with Gasteiger partial charge in [0.2, 0.25) is 0 Å². The van der Waals surface area contributed by atoms with Crippen LogP contribution in [0, 0.1) is 0 Å². The summed E-state index contributed by atoms with van der Waals surface area (Å²) in [6, 6.07) is 2.50. The number of fused-ring (bicyclic) bond motifs is 2. The summed E-state index contributed by atoms with van der Waals surface area (Å²) in [5.74, 6) is 0.338. The first kappa shape index (κ1) is 20.6. The molecule has 3 aromatic rings. The summed E-state index contributed by atoms with van der Waals surface area (Å²) in [6.45, 7) is 7.02. The molecule has 0 saturated carbocycles. The quantitative estimate of drug-likeness (QED) is 0.530. The second-order valence-corrected chi connectivity index (χ2v) is 9.86. The van der Waals surface area contributed by atoms with E-state index in [0.717, 1.165) is 49.4 Å². The number of nitrogens with one attached hydrogen (secondary N) is 2. The number of Topliss-reactive ketones (excluding diaryl/α,β-unsaturated/α-hetero) is 1. The second kappa shape index (κ2) is 9.43. The molecule has 0 amide bonds.